The van der Waals surface area contributed by atoms with Gasteiger partial charge in [0.25, 0.3) is 0 Å². The van der Waals surface area contributed by atoms with Gasteiger partial charge in [-0.3, -0.25) is 0 Å². The highest BCUT2D eigenvalue weighted by Crippen LogP contribution is 2.30. The van der Waals surface area contributed by atoms with Crippen LogP contribution in [0.15, 0.2) is 46.9 Å². The third kappa shape index (κ3) is 3.98. The van der Waals surface area contributed by atoms with Crippen LogP contribution in [-0.4, -0.2) is 17.7 Å². The maximum absolute atomic E-state index is 11.1. The van der Waals surface area contributed by atoms with E-state index >= 15 is 0 Å². The first-order valence-electron chi connectivity index (χ1n) is 6.48. The van der Waals surface area contributed by atoms with Crippen molar-refractivity contribution in [3.05, 3.63) is 58.1 Å². The van der Waals surface area contributed by atoms with E-state index in [0.29, 0.717) is 17.9 Å². The second kappa shape index (κ2) is 7.13. The largest absolute Gasteiger partial charge is 0.494 e. The Morgan fingerprint density at radius 1 is 1.19 bits per heavy atom. The summed E-state index contributed by atoms with van der Waals surface area (Å²) in [5.74, 6) is 0.432. The van der Waals surface area contributed by atoms with E-state index in [9.17, 15) is 4.79 Å². The average molecular weight is 351 g/mol. The summed E-state index contributed by atoms with van der Waals surface area (Å²) in [7, 11) is 0. The van der Waals surface area contributed by atoms with Gasteiger partial charge >= 0.3 is 5.97 Å². The van der Waals surface area contributed by atoms with Crippen molar-refractivity contribution in [1.82, 2.24) is 0 Å². The summed E-state index contributed by atoms with van der Waals surface area (Å²) in [5, 5.41) is 9.13. The van der Waals surface area contributed by atoms with Crippen molar-refractivity contribution < 1.29 is 19.4 Å². The molecule has 0 atom stereocenters. The van der Waals surface area contributed by atoms with E-state index in [0.717, 1.165) is 10.2 Å². The lowest BCUT2D eigenvalue weighted by atomic mass is 10.1. The Hall–Kier alpha value is -2.01. The minimum atomic E-state index is -0.958. The topological polar surface area (TPSA) is 55.8 Å². The highest BCUT2D eigenvalue weighted by molar-refractivity contribution is 9.10. The van der Waals surface area contributed by atoms with Gasteiger partial charge in [-0.15, -0.1) is 0 Å². The van der Waals surface area contributed by atoms with Crippen LogP contribution in [0, 0.1) is 0 Å². The highest BCUT2D eigenvalue weighted by atomic mass is 79.9. The normalized spacial score (nSPS) is 10.2. The second-order valence-corrected chi connectivity index (χ2v) is 5.13. The van der Waals surface area contributed by atoms with Crippen molar-refractivity contribution in [3.8, 4) is 11.5 Å². The molecule has 110 valence electrons. The van der Waals surface area contributed by atoms with Crippen molar-refractivity contribution in [2.45, 2.75) is 13.5 Å². The first-order valence-corrected chi connectivity index (χ1v) is 7.27. The number of carboxylic acids is 1. The van der Waals surface area contributed by atoms with Crippen LogP contribution in [0.3, 0.4) is 0 Å². The van der Waals surface area contributed by atoms with E-state index in [-0.39, 0.29) is 12.2 Å². The number of ether oxygens (including phenoxy) is 2. The minimum Gasteiger partial charge on any atom is -0.494 e. The lowest BCUT2D eigenvalue weighted by Gasteiger charge is -2.11. The van der Waals surface area contributed by atoms with Crippen molar-refractivity contribution in [3.63, 3.8) is 0 Å². The van der Waals surface area contributed by atoms with E-state index in [4.69, 9.17) is 14.6 Å². The fourth-order valence-corrected chi connectivity index (χ4v) is 2.34. The van der Waals surface area contributed by atoms with Gasteiger partial charge in [-0.05, 0) is 47.1 Å². The number of aromatic carboxylic acids is 1. The number of carbonyl (C=O) groups is 1. The molecule has 0 aliphatic carbocycles. The van der Waals surface area contributed by atoms with Gasteiger partial charge in [0, 0.05) is 5.56 Å². The Bertz CT molecular complexity index is 640. The predicted molar refractivity (Wildman–Crippen MR) is 83.0 cm³/mol. The lowest BCUT2D eigenvalue weighted by Crippen LogP contribution is -2.05. The summed E-state index contributed by atoms with van der Waals surface area (Å²) < 4.78 is 11.8. The first-order chi connectivity index (χ1) is 10.1. The molecule has 2 aromatic rings. The number of benzene rings is 2. The molecular formula is C16H15BrO4. The highest BCUT2D eigenvalue weighted by Gasteiger charge is 2.10. The summed E-state index contributed by atoms with van der Waals surface area (Å²) in [4.78, 5) is 11.1. The van der Waals surface area contributed by atoms with Crippen LogP contribution < -0.4 is 9.47 Å². The molecule has 1 N–H and O–H groups in total. The van der Waals surface area contributed by atoms with Crippen molar-refractivity contribution >= 4 is 21.9 Å². The molecule has 0 saturated carbocycles. The monoisotopic (exact) mass is 350 g/mol. The summed E-state index contributed by atoms with van der Waals surface area (Å²) in [6, 6.07) is 12.2. The molecule has 0 spiro atoms. The molecular weight excluding hydrogens is 336 g/mol. The minimum absolute atomic E-state index is 0.190. The average Bonchev–Trinajstić information content (AvgIpc) is 2.47. The molecule has 0 heterocycles. The third-order valence-corrected chi connectivity index (χ3v) is 3.47. The van der Waals surface area contributed by atoms with Crippen LogP contribution in [0.25, 0.3) is 0 Å². The van der Waals surface area contributed by atoms with Crippen molar-refractivity contribution in [1.29, 1.82) is 0 Å². The Kier molecular flexibility index (Phi) is 5.22. The van der Waals surface area contributed by atoms with Gasteiger partial charge in [0.1, 0.15) is 18.1 Å². The molecule has 0 fully saturated rings. The van der Waals surface area contributed by atoms with Crippen molar-refractivity contribution in [2.24, 2.45) is 0 Å². The second-order valence-electron chi connectivity index (χ2n) is 4.28. The molecule has 2 aromatic carbocycles. The third-order valence-electron chi connectivity index (χ3n) is 2.85. The van der Waals surface area contributed by atoms with E-state index in [1.54, 1.807) is 30.3 Å². The standard InChI is InChI=1S/C16H15BrO4/c1-2-20-12-7-8-15(14(17)9-12)21-10-11-5-3-4-6-13(11)16(18)19/h3-9H,2,10H2,1H3,(H,18,19). The zero-order chi connectivity index (χ0) is 15.2. The Morgan fingerprint density at radius 2 is 1.95 bits per heavy atom. The van der Waals surface area contributed by atoms with Crippen LogP contribution in [-0.2, 0) is 6.61 Å². The molecule has 0 amide bonds. The van der Waals surface area contributed by atoms with Crippen LogP contribution in [0.5, 0.6) is 11.5 Å². The molecule has 0 aliphatic rings. The molecule has 0 bridgehead atoms. The van der Waals surface area contributed by atoms with E-state index in [1.807, 2.05) is 19.1 Å². The fraction of sp³-hybridized carbons (Fsp3) is 0.188. The van der Waals surface area contributed by atoms with E-state index in [1.165, 1.54) is 0 Å². The van der Waals surface area contributed by atoms with E-state index in [2.05, 4.69) is 15.9 Å². The Labute approximate surface area is 131 Å². The lowest BCUT2D eigenvalue weighted by molar-refractivity contribution is 0.0694. The van der Waals surface area contributed by atoms with Crippen molar-refractivity contribution in [2.75, 3.05) is 6.61 Å². The van der Waals surface area contributed by atoms with Crippen LogP contribution in [0.2, 0.25) is 0 Å². The molecule has 5 heteroatoms. The number of hydrogen-bond donors (Lipinski definition) is 1. The number of rotatable bonds is 6. The van der Waals surface area contributed by atoms with Gasteiger partial charge in [0.15, 0.2) is 0 Å². The number of carboxylic acid groups (broad SMARTS) is 1. The molecule has 4 nitrogen and oxygen atoms in total. The predicted octanol–water partition coefficient (Wildman–Crippen LogP) is 4.13. The van der Waals surface area contributed by atoms with Gasteiger partial charge in [-0.25, -0.2) is 4.79 Å². The summed E-state index contributed by atoms with van der Waals surface area (Å²) in [5.41, 5.74) is 0.880. The molecule has 21 heavy (non-hydrogen) atoms. The quantitative estimate of drug-likeness (QED) is 0.850. The molecule has 2 rings (SSSR count). The summed E-state index contributed by atoms with van der Waals surface area (Å²) in [6.07, 6.45) is 0. The van der Waals surface area contributed by atoms with Crippen LogP contribution in [0.1, 0.15) is 22.8 Å². The number of halogens is 1. The summed E-state index contributed by atoms with van der Waals surface area (Å²) in [6.45, 7) is 2.70. The molecule has 0 saturated heterocycles. The zero-order valence-electron chi connectivity index (χ0n) is 11.5. The fourth-order valence-electron chi connectivity index (χ4n) is 1.87. The van der Waals surface area contributed by atoms with Gasteiger partial charge in [-0.1, -0.05) is 18.2 Å². The van der Waals surface area contributed by atoms with Gasteiger partial charge in [0.05, 0.1) is 16.6 Å². The first kappa shape index (κ1) is 15.4. The van der Waals surface area contributed by atoms with E-state index < -0.39 is 5.97 Å². The van der Waals surface area contributed by atoms with Gasteiger partial charge < -0.3 is 14.6 Å². The van der Waals surface area contributed by atoms with Crippen LogP contribution in [0.4, 0.5) is 0 Å². The summed E-state index contributed by atoms with van der Waals surface area (Å²) >= 11 is 3.42. The molecule has 0 radical (unpaired) electrons. The smallest absolute Gasteiger partial charge is 0.336 e. The molecule has 0 aliphatic heterocycles. The van der Waals surface area contributed by atoms with Gasteiger partial charge in [-0.2, -0.15) is 0 Å². The van der Waals surface area contributed by atoms with Crippen LogP contribution >= 0.6 is 15.9 Å². The Morgan fingerprint density at radius 3 is 2.62 bits per heavy atom. The number of hydrogen-bond acceptors (Lipinski definition) is 3. The maximum atomic E-state index is 11.1. The Balaban J connectivity index is 2.12. The van der Waals surface area contributed by atoms with Gasteiger partial charge in [0.2, 0.25) is 0 Å². The molecule has 0 aromatic heterocycles. The zero-order valence-corrected chi connectivity index (χ0v) is 13.1. The SMILES string of the molecule is CCOc1ccc(OCc2ccccc2C(=O)O)c(Br)c1. The molecule has 0 unspecified atom stereocenters. The maximum Gasteiger partial charge on any atom is 0.336 e.